The number of hydrogen-bond donors (Lipinski definition) is 1. The number of ether oxygens (including phenoxy) is 3. The van der Waals surface area contributed by atoms with E-state index in [1.54, 1.807) is 20.3 Å². The minimum Gasteiger partial charge on any atom is -0.497 e. The fourth-order valence-electron chi connectivity index (χ4n) is 3.93. The van der Waals surface area contributed by atoms with Gasteiger partial charge >= 0.3 is 0 Å². The number of carbonyl (C=O) groups excluding carboxylic acids is 1. The molecule has 1 aliphatic heterocycles. The van der Waals surface area contributed by atoms with Crippen molar-refractivity contribution in [1.29, 1.82) is 0 Å². The molecule has 0 bridgehead atoms. The molecule has 9 heteroatoms. The van der Waals surface area contributed by atoms with Crippen molar-refractivity contribution in [1.82, 2.24) is 9.62 Å². The smallest absolute Gasteiger partial charge is 0.251 e. The number of sulfonamides is 1. The van der Waals surface area contributed by atoms with Gasteiger partial charge in [0, 0.05) is 25.2 Å². The van der Waals surface area contributed by atoms with E-state index < -0.39 is 10.0 Å². The Bertz CT molecular complexity index is 1060. The Balaban J connectivity index is 1.75. The van der Waals surface area contributed by atoms with E-state index >= 15 is 0 Å². The molecular formula is C24H32N2O6S. The predicted molar refractivity (Wildman–Crippen MR) is 126 cm³/mol. The molecule has 1 amide bonds. The summed E-state index contributed by atoms with van der Waals surface area (Å²) in [4.78, 5) is 12.8. The summed E-state index contributed by atoms with van der Waals surface area (Å²) in [5.41, 5.74) is 1.16. The molecule has 8 nitrogen and oxygen atoms in total. The lowest BCUT2D eigenvalue weighted by molar-refractivity contribution is 0.0953. The van der Waals surface area contributed by atoms with Crippen molar-refractivity contribution < 1.29 is 27.4 Å². The van der Waals surface area contributed by atoms with Crippen LogP contribution in [0.15, 0.2) is 41.3 Å². The summed E-state index contributed by atoms with van der Waals surface area (Å²) in [6, 6.07) is 10.0. The van der Waals surface area contributed by atoms with E-state index in [-0.39, 0.29) is 22.1 Å². The van der Waals surface area contributed by atoms with Crippen molar-refractivity contribution in [2.45, 2.75) is 37.0 Å². The van der Waals surface area contributed by atoms with Crippen molar-refractivity contribution >= 4 is 15.9 Å². The van der Waals surface area contributed by atoms with Gasteiger partial charge in [0.1, 0.15) is 22.1 Å². The molecule has 3 rings (SSSR count). The molecule has 180 valence electrons. The van der Waals surface area contributed by atoms with Crippen LogP contribution in [0.1, 0.15) is 41.6 Å². The predicted octanol–water partition coefficient (Wildman–Crippen LogP) is 3.25. The highest BCUT2D eigenvalue weighted by molar-refractivity contribution is 7.89. The Morgan fingerprint density at radius 1 is 0.909 bits per heavy atom. The number of methoxy groups -OCH3 is 3. The van der Waals surface area contributed by atoms with Gasteiger partial charge in [-0.3, -0.25) is 4.79 Å². The molecule has 0 spiro atoms. The van der Waals surface area contributed by atoms with E-state index in [0.29, 0.717) is 37.6 Å². The Morgan fingerprint density at radius 2 is 1.58 bits per heavy atom. The molecule has 1 N–H and O–H groups in total. The van der Waals surface area contributed by atoms with Gasteiger partial charge in [-0.2, -0.15) is 4.31 Å². The van der Waals surface area contributed by atoms with Gasteiger partial charge in [-0.1, -0.05) is 12.8 Å². The van der Waals surface area contributed by atoms with E-state index in [1.165, 1.54) is 23.5 Å². The van der Waals surface area contributed by atoms with Crippen LogP contribution in [0.25, 0.3) is 0 Å². The second-order valence-corrected chi connectivity index (χ2v) is 9.77. The summed E-state index contributed by atoms with van der Waals surface area (Å²) in [7, 11) is 0.845. The molecule has 0 aromatic heterocycles. The van der Waals surface area contributed by atoms with Gasteiger partial charge in [-0.25, -0.2) is 8.42 Å². The molecule has 0 radical (unpaired) electrons. The van der Waals surface area contributed by atoms with Crippen LogP contribution in [0.3, 0.4) is 0 Å². The third-order valence-corrected chi connectivity index (χ3v) is 7.70. The molecule has 1 aliphatic rings. The largest absolute Gasteiger partial charge is 0.497 e. The lowest BCUT2D eigenvalue weighted by Crippen LogP contribution is -2.32. The number of benzene rings is 2. The average Bonchev–Trinajstić information content (AvgIpc) is 3.13. The van der Waals surface area contributed by atoms with Crippen LogP contribution in [-0.4, -0.2) is 59.6 Å². The molecule has 1 heterocycles. The number of hydrogen-bond acceptors (Lipinski definition) is 6. The van der Waals surface area contributed by atoms with E-state index in [9.17, 15) is 13.2 Å². The van der Waals surface area contributed by atoms with Crippen LogP contribution >= 0.6 is 0 Å². The highest BCUT2D eigenvalue weighted by atomic mass is 32.2. The first kappa shape index (κ1) is 24.9. The quantitative estimate of drug-likeness (QED) is 0.597. The maximum absolute atomic E-state index is 13.3. The van der Waals surface area contributed by atoms with Gasteiger partial charge in [-0.15, -0.1) is 0 Å². The molecular weight excluding hydrogens is 444 g/mol. The van der Waals surface area contributed by atoms with E-state index in [4.69, 9.17) is 14.2 Å². The Morgan fingerprint density at radius 3 is 2.21 bits per heavy atom. The summed E-state index contributed by atoms with van der Waals surface area (Å²) in [6.45, 7) is 1.30. The summed E-state index contributed by atoms with van der Waals surface area (Å²) >= 11 is 0. The molecule has 1 saturated heterocycles. The number of carbonyl (C=O) groups is 1. The number of rotatable bonds is 9. The van der Waals surface area contributed by atoms with Gasteiger partial charge in [0.25, 0.3) is 5.91 Å². The summed E-state index contributed by atoms with van der Waals surface area (Å²) in [6.07, 6.45) is 4.22. The van der Waals surface area contributed by atoms with Crippen LogP contribution in [0.4, 0.5) is 0 Å². The zero-order valence-electron chi connectivity index (χ0n) is 19.4. The third kappa shape index (κ3) is 5.97. The van der Waals surface area contributed by atoms with Crippen molar-refractivity contribution in [2.24, 2.45) is 0 Å². The summed E-state index contributed by atoms with van der Waals surface area (Å²) in [5, 5.41) is 2.86. The number of amides is 1. The molecule has 1 fully saturated rings. The number of nitrogens with zero attached hydrogens (tertiary/aromatic N) is 1. The van der Waals surface area contributed by atoms with E-state index in [0.717, 1.165) is 31.2 Å². The average molecular weight is 477 g/mol. The van der Waals surface area contributed by atoms with E-state index in [2.05, 4.69) is 5.32 Å². The second kappa shape index (κ2) is 11.4. The highest BCUT2D eigenvalue weighted by Crippen LogP contribution is 2.29. The zero-order valence-corrected chi connectivity index (χ0v) is 20.2. The van der Waals surface area contributed by atoms with Crippen LogP contribution in [0, 0.1) is 0 Å². The molecule has 33 heavy (non-hydrogen) atoms. The molecule has 0 unspecified atom stereocenters. The maximum atomic E-state index is 13.3. The van der Waals surface area contributed by atoms with Gasteiger partial charge < -0.3 is 19.5 Å². The van der Waals surface area contributed by atoms with Gasteiger partial charge in [0.15, 0.2) is 0 Å². The third-order valence-electron chi connectivity index (χ3n) is 5.78. The lowest BCUT2D eigenvalue weighted by Gasteiger charge is -2.21. The fraction of sp³-hybridized carbons (Fsp3) is 0.458. The minimum atomic E-state index is -3.77. The van der Waals surface area contributed by atoms with Crippen molar-refractivity contribution in [2.75, 3.05) is 41.0 Å². The van der Waals surface area contributed by atoms with Gasteiger partial charge in [0.2, 0.25) is 10.0 Å². The highest BCUT2D eigenvalue weighted by Gasteiger charge is 2.29. The minimum absolute atomic E-state index is 0.0222. The molecule has 0 aliphatic carbocycles. The van der Waals surface area contributed by atoms with Crippen LogP contribution in [0.2, 0.25) is 0 Å². The van der Waals surface area contributed by atoms with Crippen LogP contribution in [-0.2, 0) is 16.4 Å². The van der Waals surface area contributed by atoms with Gasteiger partial charge in [0.05, 0.1) is 21.3 Å². The normalized spacial score (nSPS) is 14.9. The summed E-state index contributed by atoms with van der Waals surface area (Å²) in [5.74, 6) is 1.29. The lowest BCUT2D eigenvalue weighted by atomic mass is 10.1. The Hall–Kier alpha value is -2.78. The topological polar surface area (TPSA) is 94.2 Å². The van der Waals surface area contributed by atoms with Crippen molar-refractivity contribution in [3.8, 4) is 17.2 Å². The van der Waals surface area contributed by atoms with Crippen LogP contribution < -0.4 is 19.5 Å². The maximum Gasteiger partial charge on any atom is 0.251 e. The first-order chi connectivity index (χ1) is 15.9. The molecule has 2 aromatic carbocycles. The molecule has 0 saturated carbocycles. The summed E-state index contributed by atoms with van der Waals surface area (Å²) < 4.78 is 44.1. The number of nitrogens with one attached hydrogen (secondary N) is 1. The first-order valence-electron chi connectivity index (χ1n) is 11.1. The fourth-order valence-corrected chi connectivity index (χ4v) is 5.63. The standard InChI is InChI=1S/C24H32N2O6S/c1-30-20-9-11-21(31-2)18(16-20)12-13-25-24(27)19-8-10-22(32-3)23(17-19)33(28,29)26-14-6-4-5-7-15-26/h8-11,16-17H,4-7,12-15H2,1-3H3,(H,25,27). The Labute approximate surface area is 195 Å². The second-order valence-electron chi connectivity index (χ2n) is 7.87. The molecule has 0 atom stereocenters. The first-order valence-corrected chi connectivity index (χ1v) is 12.5. The van der Waals surface area contributed by atoms with E-state index in [1.807, 2.05) is 18.2 Å². The molecule has 2 aromatic rings. The monoisotopic (exact) mass is 476 g/mol. The van der Waals surface area contributed by atoms with Gasteiger partial charge in [-0.05, 0) is 61.2 Å². The zero-order chi connectivity index (χ0) is 23.8. The van der Waals surface area contributed by atoms with Crippen LogP contribution in [0.5, 0.6) is 17.2 Å². The van der Waals surface area contributed by atoms with Crippen molar-refractivity contribution in [3.63, 3.8) is 0 Å². The van der Waals surface area contributed by atoms with Crippen molar-refractivity contribution in [3.05, 3.63) is 47.5 Å². The Kier molecular flexibility index (Phi) is 8.57. The SMILES string of the molecule is COc1ccc(OC)c(CCNC(=O)c2ccc(OC)c(S(=O)(=O)N3CCCCCC3)c2)c1.